The lowest BCUT2D eigenvalue weighted by molar-refractivity contribution is -0.636. The number of aromatic hydroxyl groups is 1. The van der Waals surface area contributed by atoms with E-state index in [9.17, 15) is 5.11 Å². The van der Waals surface area contributed by atoms with Crippen LogP contribution < -0.4 is 20.9 Å². The molecule has 2 nitrogen and oxygen atoms in total. The standard InChI is InChI=1S/C11H19NOS.BrH/c1-2-3-4-5-6-7-9-12-11(13)8-10-14-12;/h8,10H,2-7,9H2,1H3;1H. The van der Waals surface area contributed by atoms with Crippen molar-refractivity contribution in [3.63, 3.8) is 0 Å². The Morgan fingerprint density at radius 2 is 1.87 bits per heavy atom. The summed E-state index contributed by atoms with van der Waals surface area (Å²) >= 11 is 1.58. The molecule has 0 saturated heterocycles. The van der Waals surface area contributed by atoms with Crippen molar-refractivity contribution < 1.29 is 26.0 Å². The molecule has 1 aromatic rings. The van der Waals surface area contributed by atoms with Gasteiger partial charge in [-0.25, -0.2) is 0 Å². The monoisotopic (exact) mass is 293 g/mol. The maximum atomic E-state index is 9.36. The van der Waals surface area contributed by atoms with E-state index in [-0.39, 0.29) is 17.0 Å². The molecule has 1 heterocycles. The topological polar surface area (TPSA) is 24.1 Å². The Hall–Kier alpha value is -0.0900. The molecule has 0 amide bonds. The molecule has 0 saturated carbocycles. The molecule has 1 rings (SSSR count). The Labute approximate surface area is 107 Å². The summed E-state index contributed by atoms with van der Waals surface area (Å²) in [6.45, 7) is 3.20. The number of hydrogen-bond acceptors (Lipinski definition) is 2. The zero-order valence-corrected chi connectivity index (χ0v) is 11.7. The maximum absolute atomic E-state index is 9.36. The molecule has 0 aliphatic rings. The third-order valence-electron chi connectivity index (χ3n) is 2.38. The maximum Gasteiger partial charge on any atom is 0.379 e. The second-order valence-corrected chi connectivity index (χ2v) is 4.56. The number of unbranched alkanes of at least 4 members (excludes halogenated alkanes) is 5. The van der Waals surface area contributed by atoms with Gasteiger partial charge in [-0.1, -0.05) is 32.6 Å². The van der Waals surface area contributed by atoms with Crippen molar-refractivity contribution in [2.24, 2.45) is 0 Å². The van der Waals surface area contributed by atoms with E-state index in [1.165, 1.54) is 38.5 Å². The Bertz CT molecular complexity index is 252. The summed E-state index contributed by atoms with van der Waals surface area (Å²) in [7, 11) is 0. The molecular formula is C11H20BrNOS. The largest absolute Gasteiger partial charge is 1.00 e. The number of rotatable bonds is 7. The van der Waals surface area contributed by atoms with E-state index in [0.29, 0.717) is 5.88 Å². The SMILES string of the molecule is CCCCCCCC[n+]1sccc1O.[Br-]. The van der Waals surface area contributed by atoms with Crippen LogP contribution in [0.3, 0.4) is 0 Å². The first kappa shape index (κ1) is 14.9. The van der Waals surface area contributed by atoms with Crippen molar-refractivity contribution >= 4 is 11.5 Å². The van der Waals surface area contributed by atoms with Crippen molar-refractivity contribution in [1.29, 1.82) is 0 Å². The molecule has 88 valence electrons. The lowest BCUT2D eigenvalue weighted by Crippen LogP contribution is -3.00. The molecule has 15 heavy (non-hydrogen) atoms. The third kappa shape index (κ3) is 6.15. The second-order valence-electron chi connectivity index (χ2n) is 3.64. The summed E-state index contributed by atoms with van der Waals surface area (Å²) in [5, 5.41) is 11.3. The molecule has 4 heteroatoms. The van der Waals surface area contributed by atoms with Gasteiger partial charge >= 0.3 is 5.88 Å². The quantitative estimate of drug-likeness (QED) is 0.560. The second kappa shape index (κ2) is 9.16. The van der Waals surface area contributed by atoms with Gasteiger partial charge in [-0.15, -0.1) is 3.96 Å². The highest BCUT2D eigenvalue weighted by Crippen LogP contribution is 2.08. The van der Waals surface area contributed by atoms with E-state index in [4.69, 9.17) is 0 Å². The number of nitrogens with zero attached hydrogens (tertiary/aromatic N) is 1. The fourth-order valence-corrected chi connectivity index (χ4v) is 2.24. The summed E-state index contributed by atoms with van der Waals surface area (Å²) in [5.41, 5.74) is 0. The van der Waals surface area contributed by atoms with E-state index >= 15 is 0 Å². The van der Waals surface area contributed by atoms with Crippen molar-refractivity contribution in [2.75, 3.05) is 0 Å². The fourth-order valence-electron chi connectivity index (χ4n) is 1.50. The van der Waals surface area contributed by atoms with Crippen molar-refractivity contribution in [2.45, 2.75) is 52.0 Å². The average Bonchev–Trinajstić information content (AvgIpc) is 2.58. The Kier molecular flexibility index (Phi) is 9.10. The molecule has 0 bridgehead atoms. The molecular weight excluding hydrogens is 274 g/mol. The Morgan fingerprint density at radius 3 is 2.47 bits per heavy atom. The van der Waals surface area contributed by atoms with Gasteiger partial charge < -0.3 is 22.1 Å². The first-order chi connectivity index (χ1) is 6.84. The van der Waals surface area contributed by atoms with E-state index in [0.717, 1.165) is 6.54 Å². The van der Waals surface area contributed by atoms with Crippen LogP contribution in [0, 0.1) is 0 Å². The first-order valence-corrected chi connectivity index (χ1v) is 6.35. The molecule has 0 aromatic carbocycles. The molecule has 1 N–H and O–H groups in total. The molecule has 0 radical (unpaired) electrons. The van der Waals surface area contributed by atoms with E-state index in [1.54, 1.807) is 17.6 Å². The predicted octanol–water partition coefficient (Wildman–Crippen LogP) is 0.106. The third-order valence-corrected chi connectivity index (χ3v) is 3.26. The lowest BCUT2D eigenvalue weighted by Gasteiger charge is -1.96. The Balaban J connectivity index is 0.00000196. The van der Waals surface area contributed by atoms with Gasteiger partial charge in [0.2, 0.25) is 0 Å². The summed E-state index contributed by atoms with van der Waals surface area (Å²) in [4.78, 5) is 0. The van der Waals surface area contributed by atoms with Gasteiger partial charge in [0, 0.05) is 6.42 Å². The number of halogens is 1. The van der Waals surface area contributed by atoms with Gasteiger partial charge in [0.15, 0.2) is 6.54 Å². The van der Waals surface area contributed by atoms with E-state index < -0.39 is 0 Å². The predicted molar refractivity (Wildman–Crippen MR) is 59.6 cm³/mol. The van der Waals surface area contributed by atoms with Crippen LogP contribution in [0.25, 0.3) is 0 Å². The minimum atomic E-state index is 0. The smallest absolute Gasteiger partial charge is 0.379 e. The summed E-state index contributed by atoms with van der Waals surface area (Å²) in [6, 6.07) is 1.75. The molecule has 0 aliphatic carbocycles. The lowest BCUT2D eigenvalue weighted by atomic mass is 10.1. The van der Waals surface area contributed by atoms with Crippen LogP contribution in [-0.2, 0) is 6.54 Å². The van der Waals surface area contributed by atoms with Crippen molar-refractivity contribution in [3.8, 4) is 5.88 Å². The van der Waals surface area contributed by atoms with Crippen LogP contribution in [0.15, 0.2) is 11.4 Å². The van der Waals surface area contributed by atoms with Crippen LogP contribution in [0.1, 0.15) is 45.4 Å². The Morgan fingerprint density at radius 1 is 1.20 bits per heavy atom. The van der Waals surface area contributed by atoms with Crippen LogP contribution in [0.5, 0.6) is 5.88 Å². The van der Waals surface area contributed by atoms with Crippen LogP contribution in [0.4, 0.5) is 0 Å². The number of hydrogen-bond donors (Lipinski definition) is 1. The molecule has 0 unspecified atom stereocenters. The number of aryl methyl sites for hydroxylation is 1. The van der Waals surface area contributed by atoms with Crippen LogP contribution in [-0.4, -0.2) is 5.11 Å². The molecule has 1 aromatic heterocycles. The highest BCUT2D eigenvalue weighted by molar-refractivity contribution is 6.99. The highest BCUT2D eigenvalue weighted by atomic mass is 79.9. The normalized spacial score (nSPS) is 9.93. The van der Waals surface area contributed by atoms with Crippen molar-refractivity contribution in [3.05, 3.63) is 11.4 Å². The van der Waals surface area contributed by atoms with Gasteiger partial charge in [-0.05, 0) is 6.42 Å². The van der Waals surface area contributed by atoms with Gasteiger partial charge in [-0.2, -0.15) is 0 Å². The molecule has 0 fully saturated rings. The first-order valence-electron chi connectivity index (χ1n) is 5.51. The van der Waals surface area contributed by atoms with E-state index in [1.807, 2.05) is 9.34 Å². The van der Waals surface area contributed by atoms with Crippen LogP contribution in [0.2, 0.25) is 0 Å². The van der Waals surface area contributed by atoms with Crippen LogP contribution >= 0.6 is 11.5 Å². The molecule has 0 spiro atoms. The van der Waals surface area contributed by atoms with Gasteiger partial charge in [0.1, 0.15) is 11.5 Å². The minimum Gasteiger partial charge on any atom is -1.00 e. The number of aromatic nitrogens is 1. The summed E-state index contributed by atoms with van der Waals surface area (Å²) < 4.78 is 1.94. The highest BCUT2D eigenvalue weighted by Gasteiger charge is 2.09. The van der Waals surface area contributed by atoms with Gasteiger partial charge in [0.25, 0.3) is 0 Å². The van der Waals surface area contributed by atoms with Crippen molar-refractivity contribution in [1.82, 2.24) is 0 Å². The molecule has 0 aliphatic heterocycles. The zero-order valence-electron chi connectivity index (χ0n) is 9.29. The minimum absolute atomic E-state index is 0. The van der Waals surface area contributed by atoms with Gasteiger partial charge in [-0.3, -0.25) is 0 Å². The van der Waals surface area contributed by atoms with E-state index in [2.05, 4.69) is 6.92 Å². The fraction of sp³-hybridized carbons (Fsp3) is 0.727. The van der Waals surface area contributed by atoms with Gasteiger partial charge in [0.05, 0.1) is 11.4 Å². The zero-order chi connectivity index (χ0) is 10.2. The average molecular weight is 294 g/mol. The summed E-state index contributed by atoms with van der Waals surface area (Å²) in [6.07, 6.45) is 7.82. The molecule has 0 atom stereocenters. The summed E-state index contributed by atoms with van der Waals surface area (Å²) in [5.74, 6) is 0.406.